The number of rotatable bonds is 5. The summed E-state index contributed by atoms with van der Waals surface area (Å²) in [5.41, 5.74) is 2.39. The molecule has 0 amide bonds. The first kappa shape index (κ1) is 19.6. The standard InChI is InChI=1S/C20H15FN6O2S/c1-29-19-17(26-30-16-6-4-14(21)5-7-16)9-13(10-22-19)18-12-24-20-23-11-15(3-2-8-28)27(20)25-18/h4-7,9-12,26,28H,8H2,1H3. The van der Waals surface area contributed by atoms with Crippen LogP contribution >= 0.6 is 11.9 Å². The van der Waals surface area contributed by atoms with Gasteiger partial charge in [-0.05, 0) is 48.2 Å². The Balaban J connectivity index is 1.65. The van der Waals surface area contributed by atoms with Gasteiger partial charge in [-0.2, -0.15) is 9.61 Å². The molecule has 2 N–H and O–H groups in total. The van der Waals surface area contributed by atoms with Crippen molar-refractivity contribution in [1.82, 2.24) is 24.6 Å². The van der Waals surface area contributed by atoms with Crippen molar-refractivity contribution in [3.05, 3.63) is 60.4 Å². The van der Waals surface area contributed by atoms with Crippen LogP contribution in [0.1, 0.15) is 5.69 Å². The molecule has 0 unspecified atom stereocenters. The lowest BCUT2D eigenvalue weighted by Gasteiger charge is -2.11. The third-order valence-corrected chi connectivity index (χ3v) is 4.79. The molecule has 4 rings (SSSR count). The quantitative estimate of drug-likeness (QED) is 0.374. The number of aliphatic hydroxyl groups excluding tert-OH is 1. The van der Waals surface area contributed by atoms with Gasteiger partial charge in [-0.25, -0.2) is 19.3 Å². The SMILES string of the molecule is COc1ncc(-c2cnc3ncc(C#CCO)n3n2)cc1NSc1ccc(F)cc1. The molecule has 4 aromatic rings. The minimum absolute atomic E-state index is 0.260. The second kappa shape index (κ2) is 8.77. The maximum Gasteiger partial charge on any atom is 0.251 e. The molecule has 0 aliphatic rings. The number of halogens is 1. The Labute approximate surface area is 175 Å². The van der Waals surface area contributed by atoms with Gasteiger partial charge in [0.15, 0.2) is 0 Å². The number of aromatic nitrogens is 5. The fourth-order valence-electron chi connectivity index (χ4n) is 2.57. The summed E-state index contributed by atoms with van der Waals surface area (Å²) in [6.07, 6.45) is 4.75. The zero-order chi connectivity index (χ0) is 20.9. The third-order valence-electron chi connectivity index (χ3n) is 3.96. The molecular formula is C20H15FN6O2S. The fourth-order valence-corrected chi connectivity index (χ4v) is 3.21. The zero-order valence-electron chi connectivity index (χ0n) is 15.7. The van der Waals surface area contributed by atoms with E-state index in [4.69, 9.17) is 9.84 Å². The van der Waals surface area contributed by atoms with Crippen LogP contribution in [0.3, 0.4) is 0 Å². The molecule has 3 aromatic heterocycles. The molecule has 0 spiro atoms. The Hall–Kier alpha value is -3.68. The number of ether oxygens (including phenoxy) is 1. The first-order valence-corrected chi connectivity index (χ1v) is 9.53. The number of imidazole rings is 1. The maximum atomic E-state index is 13.1. The highest BCUT2D eigenvalue weighted by Gasteiger charge is 2.12. The molecule has 1 aromatic carbocycles. The van der Waals surface area contributed by atoms with E-state index in [0.717, 1.165) is 4.90 Å². The summed E-state index contributed by atoms with van der Waals surface area (Å²) in [6.45, 7) is -0.260. The summed E-state index contributed by atoms with van der Waals surface area (Å²) in [5.74, 6) is 5.87. The summed E-state index contributed by atoms with van der Waals surface area (Å²) in [5, 5.41) is 13.4. The summed E-state index contributed by atoms with van der Waals surface area (Å²) in [4.78, 5) is 13.6. The van der Waals surface area contributed by atoms with Crippen molar-refractivity contribution in [2.75, 3.05) is 18.4 Å². The van der Waals surface area contributed by atoms with Crippen LogP contribution in [-0.2, 0) is 0 Å². The number of pyridine rings is 1. The van der Waals surface area contributed by atoms with E-state index in [-0.39, 0.29) is 12.4 Å². The van der Waals surface area contributed by atoms with Crippen molar-refractivity contribution < 1.29 is 14.2 Å². The molecule has 150 valence electrons. The van der Waals surface area contributed by atoms with Crippen molar-refractivity contribution in [2.24, 2.45) is 0 Å². The first-order chi connectivity index (χ1) is 14.7. The Morgan fingerprint density at radius 2 is 1.97 bits per heavy atom. The predicted octanol–water partition coefficient (Wildman–Crippen LogP) is 2.80. The Morgan fingerprint density at radius 3 is 2.73 bits per heavy atom. The molecule has 30 heavy (non-hydrogen) atoms. The van der Waals surface area contributed by atoms with Gasteiger partial charge in [0.1, 0.15) is 29.5 Å². The number of benzene rings is 1. The van der Waals surface area contributed by atoms with Gasteiger partial charge >= 0.3 is 0 Å². The van der Waals surface area contributed by atoms with Crippen molar-refractivity contribution in [2.45, 2.75) is 4.90 Å². The average Bonchev–Trinajstić information content (AvgIpc) is 3.19. The number of nitrogens with zero attached hydrogens (tertiary/aromatic N) is 5. The molecule has 0 aliphatic carbocycles. The van der Waals surface area contributed by atoms with Crippen molar-refractivity contribution in [1.29, 1.82) is 0 Å². The molecular weight excluding hydrogens is 407 g/mol. The monoisotopic (exact) mass is 422 g/mol. The highest BCUT2D eigenvalue weighted by Crippen LogP contribution is 2.31. The van der Waals surface area contributed by atoms with Crippen molar-refractivity contribution in [3.8, 4) is 29.0 Å². The van der Waals surface area contributed by atoms with Crippen LogP contribution in [0, 0.1) is 17.7 Å². The number of aliphatic hydroxyl groups is 1. The van der Waals surface area contributed by atoms with Crippen molar-refractivity contribution >= 4 is 23.4 Å². The van der Waals surface area contributed by atoms with E-state index in [1.165, 1.54) is 35.7 Å². The lowest BCUT2D eigenvalue weighted by Crippen LogP contribution is -2.01. The summed E-state index contributed by atoms with van der Waals surface area (Å²) in [7, 11) is 1.53. The van der Waals surface area contributed by atoms with E-state index in [0.29, 0.717) is 34.3 Å². The number of hydrogen-bond acceptors (Lipinski definition) is 8. The molecule has 0 atom stereocenters. The van der Waals surface area contributed by atoms with E-state index < -0.39 is 0 Å². The summed E-state index contributed by atoms with van der Waals surface area (Å²) in [6, 6.07) is 7.95. The molecule has 0 aliphatic heterocycles. The van der Waals surface area contributed by atoms with Gasteiger partial charge in [0, 0.05) is 16.7 Å². The average molecular weight is 422 g/mol. The van der Waals surface area contributed by atoms with E-state index in [2.05, 4.69) is 36.6 Å². The van der Waals surface area contributed by atoms with Gasteiger partial charge in [0.05, 0.1) is 19.5 Å². The molecule has 0 saturated heterocycles. The first-order valence-electron chi connectivity index (χ1n) is 8.71. The zero-order valence-corrected chi connectivity index (χ0v) is 16.5. The van der Waals surface area contributed by atoms with Gasteiger partial charge in [0.2, 0.25) is 5.88 Å². The smallest absolute Gasteiger partial charge is 0.251 e. The lowest BCUT2D eigenvalue weighted by molar-refractivity contribution is 0.350. The van der Waals surface area contributed by atoms with Gasteiger partial charge in [-0.1, -0.05) is 5.92 Å². The molecule has 0 bridgehead atoms. The molecule has 0 saturated carbocycles. The van der Waals surface area contributed by atoms with Crippen molar-refractivity contribution in [3.63, 3.8) is 0 Å². The highest BCUT2D eigenvalue weighted by atomic mass is 32.2. The largest absolute Gasteiger partial charge is 0.480 e. The second-order valence-electron chi connectivity index (χ2n) is 5.90. The van der Waals surface area contributed by atoms with Crippen LogP contribution in [0.2, 0.25) is 0 Å². The number of anilines is 1. The minimum Gasteiger partial charge on any atom is -0.480 e. The fraction of sp³-hybridized carbons (Fsp3) is 0.100. The van der Waals surface area contributed by atoms with Crippen LogP contribution < -0.4 is 9.46 Å². The number of methoxy groups -OCH3 is 1. The van der Waals surface area contributed by atoms with Gasteiger partial charge in [0.25, 0.3) is 5.78 Å². The molecule has 8 nitrogen and oxygen atoms in total. The van der Waals surface area contributed by atoms with Crippen LogP contribution in [0.4, 0.5) is 10.1 Å². The maximum absolute atomic E-state index is 13.1. The Bertz CT molecular complexity index is 1250. The summed E-state index contributed by atoms with van der Waals surface area (Å²) >= 11 is 1.30. The van der Waals surface area contributed by atoms with Gasteiger partial charge in [-0.3, -0.25) is 0 Å². The number of hydrogen-bond donors (Lipinski definition) is 2. The minimum atomic E-state index is -0.294. The Morgan fingerprint density at radius 1 is 1.17 bits per heavy atom. The topological polar surface area (TPSA) is 97.5 Å². The predicted molar refractivity (Wildman–Crippen MR) is 110 cm³/mol. The molecule has 0 fully saturated rings. The summed E-state index contributed by atoms with van der Waals surface area (Å²) < 4.78 is 23.1. The second-order valence-corrected chi connectivity index (χ2v) is 6.78. The van der Waals surface area contributed by atoms with E-state index in [1.807, 2.05) is 6.07 Å². The normalized spacial score (nSPS) is 10.5. The third kappa shape index (κ3) is 4.17. The Kier molecular flexibility index (Phi) is 5.74. The number of fused-ring (bicyclic) bond motifs is 1. The lowest BCUT2D eigenvalue weighted by atomic mass is 10.2. The molecule has 0 radical (unpaired) electrons. The van der Waals surface area contributed by atoms with E-state index in [9.17, 15) is 4.39 Å². The van der Waals surface area contributed by atoms with Crippen LogP contribution in [0.15, 0.2) is 53.8 Å². The molecule has 10 heteroatoms. The number of nitrogens with one attached hydrogen (secondary N) is 1. The van der Waals surface area contributed by atoms with E-state index in [1.54, 1.807) is 30.7 Å². The highest BCUT2D eigenvalue weighted by molar-refractivity contribution is 8.00. The molecule has 3 heterocycles. The van der Waals surface area contributed by atoms with Gasteiger partial charge < -0.3 is 14.6 Å². The van der Waals surface area contributed by atoms with Crippen LogP contribution in [-0.4, -0.2) is 43.4 Å². The van der Waals surface area contributed by atoms with Gasteiger partial charge in [-0.15, -0.1) is 0 Å². The van der Waals surface area contributed by atoms with Crippen LogP contribution in [0.5, 0.6) is 5.88 Å². The van der Waals surface area contributed by atoms with E-state index >= 15 is 0 Å². The van der Waals surface area contributed by atoms with Crippen LogP contribution in [0.25, 0.3) is 17.0 Å².